The molecule has 0 aliphatic heterocycles. The van der Waals surface area contributed by atoms with Crippen LogP contribution in [-0.2, 0) is 0 Å². The minimum absolute atomic E-state index is 1.27. The second-order valence-electron chi connectivity index (χ2n) is 1.63. The second-order valence-corrected chi connectivity index (χ2v) is 1.63. The van der Waals surface area contributed by atoms with E-state index in [-0.39, 0.29) is 0 Å². The highest BCUT2D eigenvalue weighted by molar-refractivity contribution is 5.18. The van der Waals surface area contributed by atoms with E-state index in [9.17, 15) is 0 Å². The summed E-state index contributed by atoms with van der Waals surface area (Å²) in [6.45, 7) is 15.6. The van der Waals surface area contributed by atoms with Crippen molar-refractivity contribution >= 4 is 0 Å². The van der Waals surface area contributed by atoms with Gasteiger partial charge in [-0.05, 0) is 13.8 Å². The Kier molecular flexibility index (Phi) is 32.5. The zero-order valence-electron chi connectivity index (χ0n) is 9.52. The first kappa shape index (κ1) is 17.3. The lowest BCUT2D eigenvalue weighted by Gasteiger charge is -1.82. The van der Waals surface area contributed by atoms with Gasteiger partial charge in [0.05, 0.1) is 0 Å². The number of hydrogen-bond donors (Lipinski definition) is 0. The quantitative estimate of drug-likeness (QED) is 0.522. The molecule has 72 valence electrons. The van der Waals surface area contributed by atoms with Crippen molar-refractivity contribution < 1.29 is 0 Å². The van der Waals surface area contributed by atoms with Crippen LogP contribution in [0.3, 0.4) is 0 Å². The third kappa shape index (κ3) is 22.9. The second kappa shape index (κ2) is 22.5. The lowest BCUT2D eigenvalue weighted by molar-refractivity contribution is 1.48. The summed E-state index contributed by atoms with van der Waals surface area (Å²) in [5.41, 5.74) is 1.27. The van der Waals surface area contributed by atoms with Crippen LogP contribution < -0.4 is 0 Å². The normalized spacial score (nSPS) is 9.33. The number of rotatable bonds is 2. The van der Waals surface area contributed by atoms with Crippen LogP contribution >= 0.6 is 0 Å². The van der Waals surface area contributed by atoms with E-state index in [4.69, 9.17) is 0 Å². The molecule has 0 spiro atoms. The topological polar surface area (TPSA) is 0 Å². The van der Waals surface area contributed by atoms with Gasteiger partial charge < -0.3 is 0 Å². The average Bonchev–Trinajstić information content (AvgIpc) is 2.20. The van der Waals surface area contributed by atoms with Gasteiger partial charge in [-0.1, -0.05) is 64.2 Å². The van der Waals surface area contributed by atoms with Gasteiger partial charge in [0.1, 0.15) is 0 Å². The first-order chi connectivity index (χ1) is 5.81. The van der Waals surface area contributed by atoms with E-state index in [1.807, 2.05) is 46.8 Å². The molecule has 0 bridgehead atoms. The van der Waals surface area contributed by atoms with Gasteiger partial charge in [0, 0.05) is 0 Å². The van der Waals surface area contributed by atoms with Crippen LogP contribution in [0.1, 0.15) is 41.5 Å². The molecule has 0 N–H and O–H groups in total. The lowest BCUT2D eigenvalue weighted by Crippen LogP contribution is -1.60. The molecule has 12 heavy (non-hydrogen) atoms. The molecule has 0 amide bonds. The van der Waals surface area contributed by atoms with Gasteiger partial charge in [-0.15, -0.1) is 0 Å². The smallest absolute Gasteiger partial charge is 0.0401 e. The van der Waals surface area contributed by atoms with Crippen LogP contribution in [0.25, 0.3) is 0 Å². The molecule has 0 radical (unpaired) electrons. The Hall–Kier alpha value is -0.780. The van der Waals surface area contributed by atoms with Crippen molar-refractivity contribution in [2.45, 2.75) is 41.5 Å². The molecule has 0 aromatic rings. The van der Waals surface area contributed by atoms with E-state index in [0.29, 0.717) is 0 Å². The predicted octanol–water partition coefficient (Wildman–Crippen LogP) is 4.75. The summed E-state index contributed by atoms with van der Waals surface area (Å²) in [6.07, 6.45) is 7.77. The monoisotopic (exact) mass is 168 g/mol. The molecule has 0 aliphatic carbocycles. The molecule has 0 rings (SSSR count). The minimum Gasteiger partial charge on any atom is -0.0991 e. The third-order valence-corrected chi connectivity index (χ3v) is 0.951. The Morgan fingerprint density at radius 2 is 1.50 bits per heavy atom. The van der Waals surface area contributed by atoms with Gasteiger partial charge in [-0.25, -0.2) is 0 Å². The molecule has 0 heteroatoms. The predicted molar refractivity (Wildman–Crippen MR) is 61.5 cm³/mol. The van der Waals surface area contributed by atoms with E-state index in [1.54, 1.807) is 6.08 Å². The Morgan fingerprint density at radius 3 is 1.75 bits per heavy atom. The van der Waals surface area contributed by atoms with Crippen LogP contribution in [0.15, 0.2) is 36.5 Å². The lowest BCUT2D eigenvalue weighted by atomic mass is 10.3. The van der Waals surface area contributed by atoms with Gasteiger partial charge in [0.2, 0.25) is 0 Å². The van der Waals surface area contributed by atoms with Crippen LogP contribution in [0.5, 0.6) is 0 Å². The van der Waals surface area contributed by atoms with Crippen molar-refractivity contribution in [1.82, 2.24) is 0 Å². The van der Waals surface area contributed by atoms with Crippen molar-refractivity contribution in [3.05, 3.63) is 36.5 Å². The van der Waals surface area contributed by atoms with E-state index in [1.165, 1.54) is 5.57 Å². The summed E-state index contributed by atoms with van der Waals surface area (Å²) in [6, 6.07) is 0. The Labute approximate surface area is 78.7 Å². The summed E-state index contributed by atoms with van der Waals surface area (Å²) in [5, 5.41) is 0. The standard InChI is InChI=1S/C8H12.2C2H6/c1-4-6-7-8(3)5-2;2*1-2/h4-7H,1H2,2-3H3;2*1-2H3/b7-6-,8-5-;;. The molecule has 0 atom stereocenters. The van der Waals surface area contributed by atoms with Crippen LogP contribution in [0.4, 0.5) is 0 Å². The van der Waals surface area contributed by atoms with Crippen molar-refractivity contribution in [2.24, 2.45) is 0 Å². The summed E-state index contributed by atoms with van der Waals surface area (Å²) < 4.78 is 0. The SMILES string of the molecule is C=C/C=C\C(C)=C/C.CC.CC. The maximum Gasteiger partial charge on any atom is -0.0401 e. The van der Waals surface area contributed by atoms with Crippen LogP contribution in [0, 0.1) is 0 Å². The largest absolute Gasteiger partial charge is 0.0991 e. The molecule has 0 nitrogen and oxygen atoms in total. The summed E-state index contributed by atoms with van der Waals surface area (Å²) >= 11 is 0. The summed E-state index contributed by atoms with van der Waals surface area (Å²) in [5.74, 6) is 0. The maximum absolute atomic E-state index is 3.55. The van der Waals surface area contributed by atoms with Crippen molar-refractivity contribution in [2.75, 3.05) is 0 Å². The molecular formula is C12H24. The fourth-order valence-electron chi connectivity index (χ4n) is 0.316. The Balaban J connectivity index is -0.000000175. The Bertz CT molecular complexity index is 116. The highest BCUT2D eigenvalue weighted by Gasteiger charge is 1.70. The van der Waals surface area contributed by atoms with Gasteiger partial charge in [-0.2, -0.15) is 0 Å². The molecular weight excluding hydrogens is 144 g/mol. The van der Waals surface area contributed by atoms with E-state index >= 15 is 0 Å². The minimum atomic E-state index is 1.27. The number of allylic oxidation sites excluding steroid dienone is 5. The summed E-state index contributed by atoms with van der Waals surface area (Å²) in [4.78, 5) is 0. The molecule has 0 heterocycles. The first-order valence-electron chi connectivity index (χ1n) is 4.73. The van der Waals surface area contributed by atoms with Gasteiger partial charge in [-0.3, -0.25) is 0 Å². The third-order valence-electron chi connectivity index (χ3n) is 0.951. The highest BCUT2D eigenvalue weighted by Crippen LogP contribution is 1.92. The van der Waals surface area contributed by atoms with Crippen molar-refractivity contribution in [3.8, 4) is 0 Å². The zero-order chi connectivity index (χ0) is 10.4. The average molecular weight is 168 g/mol. The first-order valence-corrected chi connectivity index (χ1v) is 4.73. The van der Waals surface area contributed by atoms with Crippen molar-refractivity contribution in [3.63, 3.8) is 0 Å². The molecule has 0 aromatic heterocycles. The van der Waals surface area contributed by atoms with Gasteiger partial charge in [0.15, 0.2) is 0 Å². The molecule has 0 aromatic carbocycles. The molecule has 0 fully saturated rings. The van der Waals surface area contributed by atoms with Gasteiger partial charge in [0.25, 0.3) is 0 Å². The van der Waals surface area contributed by atoms with E-state index in [0.717, 1.165) is 0 Å². The fraction of sp³-hybridized carbons (Fsp3) is 0.500. The van der Waals surface area contributed by atoms with Crippen molar-refractivity contribution in [1.29, 1.82) is 0 Å². The van der Waals surface area contributed by atoms with E-state index < -0.39 is 0 Å². The fourth-order valence-corrected chi connectivity index (χ4v) is 0.316. The van der Waals surface area contributed by atoms with E-state index in [2.05, 4.69) is 19.6 Å². The maximum atomic E-state index is 3.55. The van der Waals surface area contributed by atoms with Crippen LogP contribution in [-0.4, -0.2) is 0 Å². The number of hydrogen-bond acceptors (Lipinski definition) is 0. The highest BCUT2D eigenvalue weighted by atomic mass is 13.8. The molecule has 0 unspecified atom stereocenters. The summed E-state index contributed by atoms with van der Waals surface area (Å²) in [7, 11) is 0. The molecule has 0 saturated carbocycles. The molecule has 0 saturated heterocycles. The molecule has 0 aliphatic rings. The Morgan fingerprint density at radius 1 is 1.08 bits per heavy atom. The van der Waals surface area contributed by atoms with Gasteiger partial charge >= 0.3 is 0 Å². The van der Waals surface area contributed by atoms with Crippen LogP contribution in [0.2, 0.25) is 0 Å². The zero-order valence-corrected chi connectivity index (χ0v) is 9.52.